The SMILES string of the molecule is CCc1ccccc1Nc1ncnc(NN)c1[N+](=O)[O-]. The van der Waals surface area contributed by atoms with Crippen LogP contribution in [0, 0.1) is 10.1 Å². The van der Waals surface area contributed by atoms with Gasteiger partial charge in [-0.25, -0.2) is 15.8 Å². The van der Waals surface area contributed by atoms with Crippen molar-refractivity contribution in [2.45, 2.75) is 13.3 Å². The maximum atomic E-state index is 11.1. The smallest absolute Gasteiger partial charge is 0.334 e. The summed E-state index contributed by atoms with van der Waals surface area (Å²) in [6.45, 7) is 2.00. The van der Waals surface area contributed by atoms with Crippen molar-refractivity contribution in [1.82, 2.24) is 9.97 Å². The molecule has 1 aromatic carbocycles. The number of rotatable bonds is 5. The van der Waals surface area contributed by atoms with Crippen LogP contribution in [0.3, 0.4) is 0 Å². The standard InChI is InChI=1S/C12H14N6O2/c1-2-8-5-3-4-6-9(8)16-11-10(18(19)20)12(17-13)15-7-14-11/h3-7H,2,13H2,1H3,(H2,14,15,16,17). The molecular formula is C12H14N6O2. The summed E-state index contributed by atoms with van der Waals surface area (Å²) in [5.74, 6) is 5.29. The van der Waals surface area contributed by atoms with Gasteiger partial charge in [-0.15, -0.1) is 0 Å². The molecule has 0 unspecified atom stereocenters. The van der Waals surface area contributed by atoms with Crippen LogP contribution in [0.4, 0.5) is 23.0 Å². The zero-order valence-electron chi connectivity index (χ0n) is 10.8. The molecule has 20 heavy (non-hydrogen) atoms. The quantitative estimate of drug-likeness (QED) is 0.433. The van der Waals surface area contributed by atoms with Crippen LogP contribution in [0.5, 0.6) is 0 Å². The fraction of sp³-hybridized carbons (Fsp3) is 0.167. The van der Waals surface area contributed by atoms with Gasteiger partial charge in [0, 0.05) is 5.69 Å². The number of nitrogens with two attached hydrogens (primary N) is 1. The first-order chi connectivity index (χ1) is 9.67. The molecule has 0 aliphatic rings. The van der Waals surface area contributed by atoms with Crippen molar-refractivity contribution in [3.63, 3.8) is 0 Å². The number of aromatic nitrogens is 2. The highest BCUT2D eigenvalue weighted by molar-refractivity contribution is 5.74. The van der Waals surface area contributed by atoms with Crippen LogP contribution in [0.2, 0.25) is 0 Å². The summed E-state index contributed by atoms with van der Waals surface area (Å²) in [6.07, 6.45) is 2.00. The fourth-order valence-electron chi connectivity index (χ4n) is 1.83. The van der Waals surface area contributed by atoms with Gasteiger partial charge in [0.2, 0.25) is 11.6 Å². The predicted molar refractivity (Wildman–Crippen MR) is 75.6 cm³/mol. The van der Waals surface area contributed by atoms with Crippen LogP contribution < -0.4 is 16.6 Å². The summed E-state index contributed by atoms with van der Waals surface area (Å²) >= 11 is 0. The number of hydrogen-bond acceptors (Lipinski definition) is 7. The molecule has 104 valence electrons. The second-order valence-electron chi connectivity index (χ2n) is 3.96. The highest BCUT2D eigenvalue weighted by atomic mass is 16.6. The molecule has 0 aliphatic heterocycles. The Morgan fingerprint density at radius 1 is 1.30 bits per heavy atom. The molecule has 2 aromatic rings. The van der Waals surface area contributed by atoms with Crippen molar-refractivity contribution in [2.24, 2.45) is 5.84 Å². The Labute approximate surface area is 115 Å². The molecule has 8 heteroatoms. The number of hydrazine groups is 1. The molecule has 1 heterocycles. The van der Waals surface area contributed by atoms with Crippen molar-refractivity contribution in [3.05, 3.63) is 46.3 Å². The molecule has 2 rings (SSSR count). The summed E-state index contributed by atoms with van der Waals surface area (Å²) in [7, 11) is 0. The van der Waals surface area contributed by atoms with Crippen molar-refractivity contribution in [1.29, 1.82) is 0 Å². The van der Waals surface area contributed by atoms with Gasteiger partial charge in [-0.3, -0.25) is 10.1 Å². The Bertz CT molecular complexity index is 631. The predicted octanol–water partition coefficient (Wildman–Crippen LogP) is 1.98. The molecule has 4 N–H and O–H groups in total. The van der Waals surface area contributed by atoms with Gasteiger partial charge < -0.3 is 10.7 Å². The first-order valence-electron chi connectivity index (χ1n) is 5.98. The largest absolute Gasteiger partial charge is 0.354 e. The van der Waals surface area contributed by atoms with Gasteiger partial charge in [0.1, 0.15) is 6.33 Å². The molecule has 0 saturated heterocycles. The van der Waals surface area contributed by atoms with Crippen LogP contribution in [-0.2, 0) is 6.42 Å². The highest BCUT2D eigenvalue weighted by Gasteiger charge is 2.22. The van der Waals surface area contributed by atoms with Gasteiger partial charge in [-0.2, -0.15) is 0 Å². The van der Waals surface area contributed by atoms with Gasteiger partial charge in [-0.1, -0.05) is 25.1 Å². The van der Waals surface area contributed by atoms with Gasteiger partial charge in [0.25, 0.3) is 0 Å². The van der Waals surface area contributed by atoms with E-state index in [-0.39, 0.29) is 17.3 Å². The Hall–Kier alpha value is -2.74. The molecule has 0 radical (unpaired) electrons. The second-order valence-corrected chi connectivity index (χ2v) is 3.96. The number of benzene rings is 1. The average molecular weight is 274 g/mol. The van der Waals surface area contributed by atoms with E-state index >= 15 is 0 Å². The summed E-state index contributed by atoms with van der Waals surface area (Å²) < 4.78 is 0. The lowest BCUT2D eigenvalue weighted by Gasteiger charge is -2.11. The molecule has 0 bridgehead atoms. The minimum Gasteiger partial charge on any atom is -0.334 e. The van der Waals surface area contributed by atoms with Crippen LogP contribution in [0.15, 0.2) is 30.6 Å². The van der Waals surface area contributed by atoms with Gasteiger partial charge in [-0.05, 0) is 18.1 Å². The third kappa shape index (κ3) is 2.64. The lowest BCUT2D eigenvalue weighted by Crippen LogP contribution is -2.13. The number of nitro groups is 1. The van der Waals surface area contributed by atoms with E-state index in [9.17, 15) is 10.1 Å². The van der Waals surface area contributed by atoms with E-state index in [1.54, 1.807) is 0 Å². The molecule has 0 amide bonds. The molecule has 0 aliphatic carbocycles. The van der Waals surface area contributed by atoms with E-state index in [0.717, 1.165) is 17.7 Å². The van der Waals surface area contributed by atoms with E-state index in [1.165, 1.54) is 6.33 Å². The van der Waals surface area contributed by atoms with E-state index in [0.29, 0.717) is 0 Å². The summed E-state index contributed by atoms with van der Waals surface area (Å²) in [6, 6.07) is 7.53. The number of nitrogens with one attached hydrogen (secondary N) is 2. The lowest BCUT2D eigenvalue weighted by atomic mass is 10.1. The third-order valence-corrected chi connectivity index (χ3v) is 2.79. The summed E-state index contributed by atoms with van der Waals surface area (Å²) in [5.41, 5.74) is 3.70. The molecule has 8 nitrogen and oxygen atoms in total. The number of para-hydroxylation sites is 1. The molecule has 1 aromatic heterocycles. The van der Waals surface area contributed by atoms with Crippen molar-refractivity contribution in [3.8, 4) is 0 Å². The molecule has 0 saturated carbocycles. The Kier molecular flexibility index (Phi) is 4.06. The molecular weight excluding hydrogens is 260 g/mol. The van der Waals surface area contributed by atoms with E-state index in [1.807, 2.05) is 31.2 Å². The van der Waals surface area contributed by atoms with Crippen LogP contribution in [-0.4, -0.2) is 14.9 Å². The van der Waals surface area contributed by atoms with Gasteiger partial charge in [0.15, 0.2) is 0 Å². The molecule has 0 spiro atoms. The van der Waals surface area contributed by atoms with Crippen LogP contribution in [0.1, 0.15) is 12.5 Å². The zero-order valence-corrected chi connectivity index (χ0v) is 10.8. The van der Waals surface area contributed by atoms with E-state index < -0.39 is 4.92 Å². The van der Waals surface area contributed by atoms with Gasteiger partial charge >= 0.3 is 5.69 Å². The van der Waals surface area contributed by atoms with Crippen molar-refractivity contribution < 1.29 is 4.92 Å². The maximum absolute atomic E-state index is 11.1. The van der Waals surface area contributed by atoms with E-state index in [2.05, 4.69) is 20.7 Å². The summed E-state index contributed by atoms with van der Waals surface area (Å²) in [5, 5.41) is 14.1. The number of hydrogen-bond donors (Lipinski definition) is 3. The first-order valence-corrected chi connectivity index (χ1v) is 5.98. The Morgan fingerprint density at radius 3 is 2.65 bits per heavy atom. The normalized spacial score (nSPS) is 10.1. The monoisotopic (exact) mass is 274 g/mol. The lowest BCUT2D eigenvalue weighted by molar-refractivity contribution is -0.383. The second kappa shape index (κ2) is 5.93. The fourth-order valence-corrected chi connectivity index (χ4v) is 1.83. The third-order valence-electron chi connectivity index (χ3n) is 2.79. The van der Waals surface area contributed by atoms with Crippen molar-refractivity contribution >= 4 is 23.0 Å². The highest BCUT2D eigenvalue weighted by Crippen LogP contribution is 2.31. The molecule has 0 atom stereocenters. The summed E-state index contributed by atoms with van der Waals surface area (Å²) in [4.78, 5) is 18.2. The minimum absolute atomic E-state index is 0.0403. The maximum Gasteiger partial charge on any atom is 0.354 e. The number of nitrogen functional groups attached to an aromatic ring is 1. The number of aryl methyl sites for hydroxylation is 1. The minimum atomic E-state index is -0.577. The van der Waals surface area contributed by atoms with Crippen LogP contribution in [0.25, 0.3) is 0 Å². The van der Waals surface area contributed by atoms with Gasteiger partial charge in [0.05, 0.1) is 4.92 Å². The van der Waals surface area contributed by atoms with E-state index in [4.69, 9.17) is 5.84 Å². The Morgan fingerprint density at radius 2 is 2.00 bits per heavy atom. The Balaban J connectivity index is 2.46. The zero-order chi connectivity index (χ0) is 14.5. The molecule has 0 fully saturated rings. The average Bonchev–Trinajstić information content (AvgIpc) is 2.47. The van der Waals surface area contributed by atoms with Crippen molar-refractivity contribution in [2.75, 3.05) is 10.7 Å². The van der Waals surface area contributed by atoms with Crippen LogP contribution >= 0.6 is 0 Å². The number of nitrogens with zero attached hydrogens (tertiary/aromatic N) is 3. The number of anilines is 3. The topological polar surface area (TPSA) is 119 Å². The first kappa shape index (κ1) is 13.7.